The Morgan fingerprint density at radius 2 is 1.94 bits per heavy atom. The standard InChI is InChI=1S/C10H9Cl2N3O2/c11-6-3-5(4-7(12)9(6)13)10-14-8(1-2-16)15-17-10/h3-4,16H,1-2,13H2. The van der Waals surface area contributed by atoms with Crippen molar-refractivity contribution < 1.29 is 9.63 Å². The molecule has 1 heterocycles. The lowest BCUT2D eigenvalue weighted by molar-refractivity contribution is 0.293. The summed E-state index contributed by atoms with van der Waals surface area (Å²) in [5.41, 5.74) is 6.52. The Morgan fingerprint density at radius 3 is 2.53 bits per heavy atom. The maximum absolute atomic E-state index is 8.74. The molecule has 0 spiro atoms. The van der Waals surface area contributed by atoms with Crippen molar-refractivity contribution in [1.29, 1.82) is 0 Å². The van der Waals surface area contributed by atoms with Crippen LogP contribution in [0.25, 0.3) is 11.5 Å². The smallest absolute Gasteiger partial charge is 0.258 e. The third-order valence-corrected chi connectivity index (χ3v) is 2.75. The van der Waals surface area contributed by atoms with E-state index in [-0.39, 0.29) is 12.5 Å². The third kappa shape index (κ3) is 2.52. The van der Waals surface area contributed by atoms with E-state index in [9.17, 15) is 0 Å². The monoisotopic (exact) mass is 273 g/mol. The van der Waals surface area contributed by atoms with Gasteiger partial charge in [0, 0.05) is 12.0 Å². The van der Waals surface area contributed by atoms with Gasteiger partial charge in [-0.25, -0.2) is 0 Å². The molecule has 7 heteroatoms. The fraction of sp³-hybridized carbons (Fsp3) is 0.200. The summed E-state index contributed by atoms with van der Waals surface area (Å²) < 4.78 is 5.02. The predicted molar refractivity (Wildman–Crippen MR) is 65.0 cm³/mol. The van der Waals surface area contributed by atoms with Gasteiger partial charge >= 0.3 is 0 Å². The molecule has 0 saturated heterocycles. The van der Waals surface area contributed by atoms with Gasteiger partial charge in [0.15, 0.2) is 5.82 Å². The first kappa shape index (κ1) is 12.2. The minimum atomic E-state index is -0.0395. The zero-order valence-corrected chi connectivity index (χ0v) is 10.2. The molecular weight excluding hydrogens is 265 g/mol. The SMILES string of the molecule is Nc1c(Cl)cc(-c2nc(CCO)no2)cc1Cl. The number of hydrogen-bond donors (Lipinski definition) is 2. The molecule has 0 atom stereocenters. The lowest BCUT2D eigenvalue weighted by atomic mass is 10.2. The Morgan fingerprint density at radius 1 is 1.29 bits per heavy atom. The molecule has 0 aliphatic rings. The number of rotatable bonds is 3. The highest BCUT2D eigenvalue weighted by Gasteiger charge is 2.12. The minimum absolute atomic E-state index is 0.0395. The van der Waals surface area contributed by atoms with E-state index in [0.717, 1.165) is 0 Å². The van der Waals surface area contributed by atoms with E-state index >= 15 is 0 Å². The topological polar surface area (TPSA) is 85.2 Å². The zero-order valence-electron chi connectivity index (χ0n) is 8.65. The predicted octanol–water partition coefficient (Wildman–Crippen LogP) is 2.16. The van der Waals surface area contributed by atoms with Crippen molar-refractivity contribution >= 4 is 28.9 Å². The molecule has 2 rings (SSSR count). The number of anilines is 1. The second kappa shape index (κ2) is 4.91. The molecule has 0 radical (unpaired) electrons. The van der Waals surface area contributed by atoms with Crippen molar-refractivity contribution in [2.45, 2.75) is 6.42 Å². The Balaban J connectivity index is 2.39. The largest absolute Gasteiger partial charge is 0.396 e. The lowest BCUT2D eigenvalue weighted by Crippen LogP contribution is -1.92. The van der Waals surface area contributed by atoms with Gasteiger partial charge in [0.25, 0.3) is 5.89 Å². The summed E-state index contributed by atoms with van der Waals surface area (Å²) in [5, 5.41) is 13.1. The molecule has 17 heavy (non-hydrogen) atoms. The Bertz CT molecular complexity index is 519. The summed E-state index contributed by atoms with van der Waals surface area (Å²) in [6, 6.07) is 3.19. The van der Waals surface area contributed by atoms with E-state index < -0.39 is 0 Å². The average molecular weight is 274 g/mol. The van der Waals surface area contributed by atoms with Gasteiger partial charge in [-0.1, -0.05) is 28.4 Å². The van der Waals surface area contributed by atoms with E-state index in [1.807, 2.05) is 0 Å². The van der Waals surface area contributed by atoms with Crippen LogP contribution >= 0.6 is 23.2 Å². The lowest BCUT2D eigenvalue weighted by Gasteiger charge is -2.02. The number of halogens is 2. The number of nitrogens with zero attached hydrogens (tertiary/aromatic N) is 2. The van der Waals surface area contributed by atoms with Crippen LogP contribution in [0.4, 0.5) is 5.69 Å². The van der Waals surface area contributed by atoms with Crippen molar-refractivity contribution in [1.82, 2.24) is 10.1 Å². The van der Waals surface area contributed by atoms with E-state index in [1.54, 1.807) is 12.1 Å². The quantitative estimate of drug-likeness (QED) is 0.838. The van der Waals surface area contributed by atoms with Crippen LogP contribution in [0.1, 0.15) is 5.82 Å². The first-order chi connectivity index (χ1) is 8.11. The van der Waals surface area contributed by atoms with Crippen LogP contribution in [0.3, 0.4) is 0 Å². The Labute approximate surface area is 107 Å². The molecule has 0 amide bonds. The molecule has 0 aliphatic heterocycles. The normalized spacial score (nSPS) is 10.8. The molecule has 1 aromatic carbocycles. The van der Waals surface area contributed by atoms with Gasteiger partial charge in [0.05, 0.1) is 22.3 Å². The summed E-state index contributed by atoms with van der Waals surface area (Å²) >= 11 is 11.8. The van der Waals surface area contributed by atoms with E-state index in [4.69, 9.17) is 38.6 Å². The molecule has 1 aromatic heterocycles. The molecule has 3 N–H and O–H groups in total. The number of aromatic nitrogens is 2. The average Bonchev–Trinajstić information content (AvgIpc) is 2.74. The van der Waals surface area contributed by atoms with Crippen LogP contribution in [0.5, 0.6) is 0 Å². The minimum Gasteiger partial charge on any atom is -0.396 e. The number of nitrogens with two attached hydrogens (primary N) is 1. The molecule has 0 saturated carbocycles. The van der Waals surface area contributed by atoms with Gasteiger partial charge in [-0.15, -0.1) is 0 Å². The molecule has 0 fully saturated rings. The van der Waals surface area contributed by atoms with Crippen LogP contribution in [-0.4, -0.2) is 21.9 Å². The molecule has 0 unspecified atom stereocenters. The number of hydrogen-bond acceptors (Lipinski definition) is 5. The van der Waals surface area contributed by atoms with Crippen molar-refractivity contribution in [3.8, 4) is 11.5 Å². The van der Waals surface area contributed by atoms with Gasteiger partial charge in [-0.2, -0.15) is 4.98 Å². The maximum Gasteiger partial charge on any atom is 0.258 e. The van der Waals surface area contributed by atoms with Crippen LogP contribution in [0, 0.1) is 0 Å². The van der Waals surface area contributed by atoms with Gasteiger partial charge in [0.2, 0.25) is 0 Å². The Hall–Kier alpha value is -1.30. The van der Waals surface area contributed by atoms with E-state index in [0.29, 0.717) is 33.5 Å². The van der Waals surface area contributed by atoms with Gasteiger partial charge in [-0.3, -0.25) is 0 Å². The van der Waals surface area contributed by atoms with Crippen molar-refractivity contribution in [2.24, 2.45) is 0 Å². The molecule has 5 nitrogen and oxygen atoms in total. The zero-order chi connectivity index (χ0) is 12.4. The number of benzene rings is 1. The fourth-order valence-electron chi connectivity index (χ4n) is 1.28. The molecular formula is C10H9Cl2N3O2. The molecule has 2 aromatic rings. The maximum atomic E-state index is 8.74. The second-order valence-corrected chi connectivity index (χ2v) is 4.16. The van der Waals surface area contributed by atoms with Gasteiger partial charge < -0.3 is 15.4 Å². The summed E-state index contributed by atoms with van der Waals surface area (Å²) in [7, 11) is 0. The highest BCUT2D eigenvalue weighted by molar-refractivity contribution is 6.39. The van der Waals surface area contributed by atoms with Crippen molar-refractivity contribution in [3.05, 3.63) is 28.0 Å². The van der Waals surface area contributed by atoms with E-state index in [2.05, 4.69) is 10.1 Å². The van der Waals surface area contributed by atoms with Gasteiger partial charge in [0.1, 0.15) is 0 Å². The highest BCUT2D eigenvalue weighted by Crippen LogP contribution is 2.32. The fourth-order valence-corrected chi connectivity index (χ4v) is 1.77. The summed E-state index contributed by atoms with van der Waals surface area (Å²) in [4.78, 5) is 4.09. The molecule has 90 valence electrons. The van der Waals surface area contributed by atoms with Crippen LogP contribution in [-0.2, 0) is 6.42 Å². The number of aliphatic hydroxyl groups is 1. The third-order valence-electron chi connectivity index (χ3n) is 2.13. The van der Waals surface area contributed by atoms with Crippen LogP contribution in [0.15, 0.2) is 16.7 Å². The van der Waals surface area contributed by atoms with Gasteiger partial charge in [-0.05, 0) is 12.1 Å². The molecule has 0 aliphatic carbocycles. The second-order valence-electron chi connectivity index (χ2n) is 3.34. The van der Waals surface area contributed by atoms with Crippen LogP contribution in [0.2, 0.25) is 10.0 Å². The summed E-state index contributed by atoms with van der Waals surface area (Å²) in [6.45, 7) is -0.0395. The Kier molecular flexibility index (Phi) is 3.51. The first-order valence-electron chi connectivity index (χ1n) is 4.80. The molecule has 0 bridgehead atoms. The van der Waals surface area contributed by atoms with Crippen LogP contribution < -0.4 is 5.73 Å². The number of aliphatic hydroxyl groups excluding tert-OH is 1. The summed E-state index contributed by atoms with van der Waals surface area (Å²) in [5.74, 6) is 0.712. The van der Waals surface area contributed by atoms with E-state index in [1.165, 1.54) is 0 Å². The number of nitrogen functional groups attached to an aromatic ring is 1. The highest BCUT2D eigenvalue weighted by atomic mass is 35.5. The summed E-state index contributed by atoms with van der Waals surface area (Å²) in [6.07, 6.45) is 0.333. The van der Waals surface area contributed by atoms with Crippen molar-refractivity contribution in [3.63, 3.8) is 0 Å². The van der Waals surface area contributed by atoms with Crippen molar-refractivity contribution in [2.75, 3.05) is 12.3 Å². The first-order valence-corrected chi connectivity index (χ1v) is 5.55.